The minimum atomic E-state index is -0.110. The summed E-state index contributed by atoms with van der Waals surface area (Å²) in [6, 6.07) is 7.37. The van der Waals surface area contributed by atoms with Crippen molar-refractivity contribution in [2.45, 2.75) is 38.5 Å². The molecule has 1 aliphatic rings. The van der Waals surface area contributed by atoms with Gasteiger partial charge in [0.25, 0.3) is 5.91 Å². The van der Waals surface area contributed by atoms with Crippen LogP contribution in [0.4, 0.5) is 0 Å². The highest BCUT2D eigenvalue weighted by molar-refractivity contribution is 7.11. The Bertz CT molecular complexity index is 926. The third-order valence-electron chi connectivity index (χ3n) is 4.66. The zero-order valence-corrected chi connectivity index (χ0v) is 16.5. The lowest BCUT2D eigenvalue weighted by Crippen LogP contribution is -2.24. The first-order valence-electron chi connectivity index (χ1n) is 9.25. The van der Waals surface area contributed by atoms with Crippen LogP contribution in [0.5, 0.6) is 0 Å². The molecule has 5 nitrogen and oxygen atoms in total. The van der Waals surface area contributed by atoms with Gasteiger partial charge in [-0.25, -0.2) is 9.67 Å². The number of aromatic nitrogens is 3. The fourth-order valence-electron chi connectivity index (χ4n) is 3.26. The Morgan fingerprint density at radius 3 is 3.04 bits per heavy atom. The van der Waals surface area contributed by atoms with Gasteiger partial charge >= 0.3 is 0 Å². The van der Waals surface area contributed by atoms with E-state index in [1.165, 1.54) is 34.8 Å². The largest absolute Gasteiger partial charge is 0.352 e. The molecule has 4 rings (SSSR count). The topological polar surface area (TPSA) is 59.8 Å². The van der Waals surface area contributed by atoms with Crippen LogP contribution in [0.2, 0.25) is 5.02 Å². The minimum absolute atomic E-state index is 0.110. The maximum Gasteiger partial charge on any atom is 0.254 e. The van der Waals surface area contributed by atoms with Crippen molar-refractivity contribution >= 4 is 28.8 Å². The Labute approximate surface area is 167 Å². The molecule has 7 heteroatoms. The number of aryl methyl sites for hydroxylation is 3. The first-order valence-corrected chi connectivity index (χ1v) is 10.4. The van der Waals surface area contributed by atoms with E-state index in [0.717, 1.165) is 24.9 Å². The van der Waals surface area contributed by atoms with Gasteiger partial charge in [-0.3, -0.25) is 4.79 Å². The summed E-state index contributed by atoms with van der Waals surface area (Å²) in [6.07, 6.45) is 9.95. The van der Waals surface area contributed by atoms with Gasteiger partial charge in [0, 0.05) is 29.1 Å². The number of nitrogens with zero attached hydrogens (tertiary/aromatic N) is 3. The Morgan fingerprint density at radius 1 is 1.30 bits per heavy atom. The normalized spacial score (nSPS) is 13.4. The fraction of sp³-hybridized carbons (Fsp3) is 0.350. The van der Waals surface area contributed by atoms with Crippen molar-refractivity contribution in [2.24, 2.45) is 0 Å². The van der Waals surface area contributed by atoms with Gasteiger partial charge < -0.3 is 5.32 Å². The summed E-state index contributed by atoms with van der Waals surface area (Å²) >= 11 is 7.85. The molecule has 2 aromatic heterocycles. The van der Waals surface area contributed by atoms with Gasteiger partial charge in [0.15, 0.2) is 0 Å². The minimum Gasteiger partial charge on any atom is -0.352 e. The summed E-state index contributed by atoms with van der Waals surface area (Å²) in [5.41, 5.74) is 2.67. The molecule has 1 aromatic carbocycles. The average Bonchev–Trinajstić information content (AvgIpc) is 3.32. The van der Waals surface area contributed by atoms with Gasteiger partial charge in [-0.1, -0.05) is 17.7 Å². The molecule has 1 aliphatic carbocycles. The molecular formula is C20H21ClN4OS. The number of amides is 1. The molecule has 3 aromatic rings. The molecule has 0 saturated heterocycles. The summed E-state index contributed by atoms with van der Waals surface area (Å²) in [5.74, 6) is -0.110. The number of rotatable bonds is 6. The monoisotopic (exact) mass is 400 g/mol. The third kappa shape index (κ3) is 4.39. The second-order valence-electron chi connectivity index (χ2n) is 6.70. The molecule has 0 aliphatic heterocycles. The van der Waals surface area contributed by atoms with E-state index in [2.05, 4.69) is 10.4 Å². The third-order valence-corrected chi connectivity index (χ3v) is 6.11. The molecule has 0 bridgehead atoms. The molecule has 0 unspecified atom stereocenters. The average molecular weight is 401 g/mol. The van der Waals surface area contributed by atoms with Gasteiger partial charge in [0.2, 0.25) is 0 Å². The van der Waals surface area contributed by atoms with E-state index in [1.807, 2.05) is 29.5 Å². The Hall–Kier alpha value is -2.18. The molecule has 0 spiro atoms. The highest BCUT2D eigenvalue weighted by Crippen LogP contribution is 2.27. The van der Waals surface area contributed by atoms with Crippen LogP contribution in [-0.2, 0) is 19.3 Å². The number of thiazole rings is 1. The smallest absolute Gasteiger partial charge is 0.254 e. The van der Waals surface area contributed by atoms with Gasteiger partial charge in [-0.2, -0.15) is 5.10 Å². The molecule has 0 fully saturated rings. The number of carbonyl (C=O) groups is 1. The van der Waals surface area contributed by atoms with Gasteiger partial charge in [-0.15, -0.1) is 11.3 Å². The summed E-state index contributed by atoms with van der Waals surface area (Å²) in [7, 11) is 0. The molecule has 0 radical (unpaired) electrons. The second-order valence-corrected chi connectivity index (χ2v) is 8.30. The molecule has 1 amide bonds. The predicted octanol–water partition coefficient (Wildman–Crippen LogP) is 4.22. The lowest BCUT2D eigenvalue weighted by atomic mass is 10.0. The lowest BCUT2D eigenvalue weighted by Gasteiger charge is -2.06. The maximum atomic E-state index is 12.3. The van der Waals surface area contributed by atoms with E-state index in [9.17, 15) is 4.79 Å². The lowest BCUT2D eigenvalue weighted by molar-refractivity contribution is 0.0953. The standard InChI is InChI=1S/C20H21ClN4OS/c21-15-5-3-6-16(11-15)25-13-14(12-23-25)20(26)22-10-4-9-19-24-17-7-1-2-8-18(17)27-19/h3,5-6,11-13H,1-2,4,7-10H2,(H,22,26). The molecule has 0 atom stereocenters. The zero-order valence-electron chi connectivity index (χ0n) is 14.9. The molecule has 2 heterocycles. The van der Waals surface area contributed by atoms with Crippen molar-refractivity contribution in [1.29, 1.82) is 0 Å². The van der Waals surface area contributed by atoms with Crippen molar-refractivity contribution in [3.63, 3.8) is 0 Å². The molecule has 27 heavy (non-hydrogen) atoms. The van der Waals surface area contributed by atoms with Crippen LogP contribution in [-0.4, -0.2) is 27.2 Å². The first-order chi connectivity index (χ1) is 13.2. The van der Waals surface area contributed by atoms with Crippen LogP contribution in [0.3, 0.4) is 0 Å². The van der Waals surface area contributed by atoms with E-state index in [1.54, 1.807) is 23.1 Å². The number of hydrogen-bond donors (Lipinski definition) is 1. The van der Waals surface area contributed by atoms with Crippen LogP contribution in [0.15, 0.2) is 36.7 Å². The van der Waals surface area contributed by atoms with E-state index in [-0.39, 0.29) is 5.91 Å². The highest BCUT2D eigenvalue weighted by Gasteiger charge is 2.15. The maximum absolute atomic E-state index is 12.3. The van der Waals surface area contributed by atoms with Gasteiger partial charge in [0.1, 0.15) is 0 Å². The van der Waals surface area contributed by atoms with Crippen LogP contribution in [0, 0.1) is 0 Å². The SMILES string of the molecule is O=C(NCCCc1nc2c(s1)CCCC2)c1cnn(-c2cccc(Cl)c2)c1. The highest BCUT2D eigenvalue weighted by atomic mass is 35.5. The summed E-state index contributed by atoms with van der Waals surface area (Å²) < 4.78 is 1.65. The van der Waals surface area contributed by atoms with Crippen LogP contribution in [0.1, 0.15) is 45.2 Å². The quantitative estimate of drug-likeness (QED) is 0.630. The van der Waals surface area contributed by atoms with Crippen LogP contribution < -0.4 is 5.32 Å². The number of halogens is 1. The predicted molar refractivity (Wildman–Crippen MR) is 108 cm³/mol. The van der Waals surface area contributed by atoms with Crippen LogP contribution in [0.25, 0.3) is 5.69 Å². The van der Waals surface area contributed by atoms with E-state index < -0.39 is 0 Å². The Morgan fingerprint density at radius 2 is 2.19 bits per heavy atom. The van der Waals surface area contributed by atoms with Crippen molar-refractivity contribution < 1.29 is 4.79 Å². The molecular weight excluding hydrogens is 380 g/mol. The Kier molecular flexibility index (Phi) is 5.55. The van der Waals surface area contributed by atoms with Crippen LogP contribution >= 0.6 is 22.9 Å². The summed E-state index contributed by atoms with van der Waals surface area (Å²) in [5, 5.41) is 9.05. The van der Waals surface area contributed by atoms with Crippen molar-refractivity contribution in [1.82, 2.24) is 20.1 Å². The number of carbonyl (C=O) groups excluding carboxylic acids is 1. The zero-order chi connectivity index (χ0) is 18.6. The molecule has 0 saturated carbocycles. The van der Waals surface area contributed by atoms with E-state index in [4.69, 9.17) is 16.6 Å². The summed E-state index contributed by atoms with van der Waals surface area (Å²) in [4.78, 5) is 18.5. The van der Waals surface area contributed by atoms with Crippen molar-refractivity contribution in [3.8, 4) is 5.69 Å². The fourth-order valence-corrected chi connectivity index (χ4v) is 4.64. The van der Waals surface area contributed by atoms with Gasteiger partial charge in [-0.05, 0) is 50.3 Å². The van der Waals surface area contributed by atoms with Gasteiger partial charge in [0.05, 0.1) is 28.1 Å². The first kappa shape index (κ1) is 18.2. The molecule has 140 valence electrons. The van der Waals surface area contributed by atoms with Crippen molar-refractivity contribution in [3.05, 3.63) is 62.8 Å². The number of hydrogen-bond acceptors (Lipinski definition) is 4. The van der Waals surface area contributed by atoms with Crippen molar-refractivity contribution in [2.75, 3.05) is 6.54 Å². The van der Waals surface area contributed by atoms with E-state index in [0.29, 0.717) is 17.1 Å². The number of nitrogens with one attached hydrogen (secondary N) is 1. The second kappa shape index (κ2) is 8.23. The summed E-state index contributed by atoms with van der Waals surface area (Å²) in [6.45, 7) is 0.630. The number of fused-ring (bicyclic) bond motifs is 1. The van der Waals surface area contributed by atoms with E-state index >= 15 is 0 Å². The Balaban J connectivity index is 1.28. The molecule has 1 N–H and O–H groups in total. The number of benzene rings is 1.